The molecule has 1 aromatic rings. The summed E-state index contributed by atoms with van der Waals surface area (Å²) in [4.78, 5) is 24.3. The van der Waals surface area contributed by atoms with Gasteiger partial charge in [0.2, 0.25) is 0 Å². The highest BCUT2D eigenvalue weighted by molar-refractivity contribution is 5.95. The van der Waals surface area contributed by atoms with E-state index in [4.69, 9.17) is 4.74 Å². The first-order valence-corrected chi connectivity index (χ1v) is 8.41. The summed E-state index contributed by atoms with van der Waals surface area (Å²) >= 11 is 0. The van der Waals surface area contributed by atoms with Crippen LogP contribution in [-0.2, 0) is 27.2 Å². The Labute approximate surface area is 136 Å². The van der Waals surface area contributed by atoms with Crippen LogP contribution in [-0.4, -0.2) is 18.0 Å². The van der Waals surface area contributed by atoms with Crippen molar-refractivity contribution in [1.82, 2.24) is 0 Å². The Hall–Kier alpha value is -2.10. The number of rotatable bonds is 4. The lowest BCUT2D eigenvalue weighted by Crippen LogP contribution is -2.32. The monoisotopic (exact) mass is 313 g/mol. The van der Waals surface area contributed by atoms with Crippen LogP contribution in [0.25, 0.3) is 0 Å². The van der Waals surface area contributed by atoms with Crippen LogP contribution in [0.1, 0.15) is 43.7 Å². The lowest BCUT2D eigenvalue weighted by atomic mass is 9.95. The van der Waals surface area contributed by atoms with Crippen LogP contribution >= 0.6 is 0 Å². The Morgan fingerprint density at radius 2 is 2.04 bits per heavy atom. The van der Waals surface area contributed by atoms with E-state index in [2.05, 4.69) is 17.5 Å². The van der Waals surface area contributed by atoms with Crippen molar-refractivity contribution in [3.8, 4) is 0 Å². The van der Waals surface area contributed by atoms with Crippen molar-refractivity contribution in [3.05, 3.63) is 41.5 Å². The second-order valence-electron chi connectivity index (χ2n) is 6.39. The molecule has 0 saturated carbocycles. The number of carbonyl (C=O) groups excluding carboxylic acids is 2. The zero-order valence-electron chi connectivity index (χ0n) is 13.5. The number of nitrogens with one attached hydrogen (secondary N) is 1. The maximum Gasteiger partial charge on any atom is 0.310 e. The molecule has 0 unspecified atom stereocenters. The molecule has 1 aromatic carbocycles. The van der Waals surface area contributed by atoms with Crippen molar-refractivity contribution in [1.29, 1.82) is 0 Å². The summed E-state index contributed by atoms with van der Waals surface area (Å²) < 4.78 is 5.33. The number of anilines is 1. The van der Waals surface area contributed by atoms with E-state index in [0.717, 1.165) is 31.4 Å². The van der Waals surface area contributed by atoms with E-state index in [0.29, 0.717) is 6.42 Å². The van der Waals surface area contributed by atoms with Gasteiger partial charge in [-0.3, -0.25) is 9.59 Å². The van der Waals surface area contributed by atoms with Crippen LogP contribution in [0.3, 0.4) is 0 Å². The molecule has 2 aliphatic carbocycles. The Morgan fingerprint density at radius 1 is 1.22 bits per heavy atom. The zero-order chi connectivity index (χ0) is 16.2. The fraction of sp³-hybridized carbons (Fsp3) is 0.474. The van der Waals surface area contributed by atoms with E-state index in [1.54, 1.807) is 6.92 Å². The van der Waals surface area contributed by atoms with Gasteiger partial charge in [-0.1, -0.05) is 18.2 Å². The third-order valence-corrected chi connectivity index (χ3v) is 4.63. The number of ether oxygens (including phenoxy) is 1. The first kappa shape index (κ1) is 15.8. The minimum absolute atomic E-state index is 0.116. The van der Waals surface area contributed by atoms with Crippen LogP contribution in [0.15, 0.2) is 30.4 Å². The first-order chi connectivity index (χ1) is 11.1. The number of benzene rings is 1. The maximum atomic E-state index is 12.2. The molecule has 4 nitrogen and oxygen atoms in total. The summed E-state index contributed by atoms with van der Waals surface area (Å²) in [6.45, 7) is 1.62. The van der Waals surface area contributed by atoms with Gasteiger partial charge in [0.1, 0.15) is 0 Å². The van der Waals surface area contributed by atoms with Crippen LogP contribution < -0.4 is 5.32 Å². The van der Waals surface area contributed by atoms with Crippen molar-refractivity contribution in [2.24, 2.45) is 5.92 Å². The Kier molecular flexibility index (Phi) is 4.79. The van der Waals surface area contributed by atoms with Crippen molar-refractivity contribution < 1.29 is 14.3 Å². The highest BCUT2D eigenvalue weighted by atomic mass is 16.5. The quantitative estimate of drug-likeness (QED) is 0.684. The lowest BCUT2D eigenvalue weighted by molar-refractivity contribution is -0.157. The summed E-state index contributed by atoms with van der Waals surface area (Å²) in [6.07, 6.45) is 9.07. The SMILES string of the molecule is C[C@H](OC(=O)[C@@H]1CC=CCC1)C(=O)Nc1ccc2c(c1)CCC2. The molecule has 122 valence electrons. The number of fused-ring (bicyclic) bond motifs is 1. The molecular formula is C19H23NO3. The number of hydrogen-bond donors (Lipinski definition) is 1. The van der Waals surface area contributed by atoms with E-state index in [1.807, 2.05) is 18.2 Å². The fourth-order valence-electron chi connectivity index (χ4n) is 3.23. The van der Waals surface area contributed by atoms with Gasteiger partial charge in [0, 0.05) is 5.69 Å². The number of hydrogen-bond acceptors (Lipinski definition) is 3. The van der Waals surface area contributed by atoms with E-state index in [1.165, 1.54) is 17.5 Å². The number of amides is 1. The molecule has 1 amide bonds. The van der Waals surface area contributed by atoms with Crippen molar-refractivity contribution >= 4 is 17.6 Å². The largest absolute Gasteiger partial charge is 0.452 e. The van der Waals surface area contributed by atoms with Crippen LogP contribution in [0.2, 0.25) is 0 Å². The molecular weight excluding hydrogens is 290 g/mol. The van der Waals surface area contributed by atoms with Crippen molar-refractivity contribution in [2.45, 2.75) is 51.6 Å². The second-order valence-corrected chi connectivity index (χ2v) is 6.39. The molecule has 2 aliphatic rings. The smallest absolute Gasteiger partial charge is 0.310 e. The molecule has 1 N–H and O–H groups in total. The van der Waals surface area contributed by atoms with Crippen LogP contribution in [0.5, 0.6) is 0 Å². The molecule has 4 heteroatoms. The molecule has 0 radical (unpaired) electrons. The molecule has 0 heterocycles. The van der Waals surface area contributed by atoms with Crippen molar-refractivity contribution in [3.63, 3.8) is 0 Å². The van der Waals surface area contributed by atoms with Gasteiger partial charge in [0.05, 0.1) is 5.92 Å². The molecule has 0 bridgehead atoms. The molecule has 3 rings (SSSR count). The minimum Gasteiger partial charge on any atom is -0.452 e. The molecule has 0 spiro atoms. The molecule has 0 saturated heterocycles. The van der Waals surface area contributed by atoms with E-state index in [9.17, 15) is 9.59 Å². The molecule has 23 heavy (non-hydrogen) atoms. The van der Waals surface area contributed by atoms with Crippen LogP contribution in [0.4, 0.5) is 5.69 Å². The summed E-state index contributed by atoms with van der Waals surface area (Å²) in [5.74, 6) is -0.663. The van der Waals surface area contributed by atoms with Crippen LogP contribution in [0, 0.1) is 5.92 Å². The van der Waals surface area contributed by atoms with Gasteiger partial charge in [0.25, 0.3) is 5.91 Å². The van der Waals surface area contributed by atoms with Gasteiger partial charge in [0.15, 0.2) is 6.10 Å². The minimum atomic E-state index is -0.776. The Bertz CT molecular complexity index is 636. The summed E-state index contributed by atoms with van der Waals surface area (Å²) in [6, 6.07) is 6.02. The maximum absolute atomic E-state index is 12.2. The number of esters is 1. The average Bonchev–Trinajstić information content (AvgIpc) is 3.03. The predicted octanol–water partition coefficient (Wildman–Crippen LogP) is 3.40. The van der Waals surface area contributed by atoms with Gasteiger partial charge in [-0.25, -0.2) is 0 Å². The molecule has 0 aromatic heterocycles. The van der Waals surface area contributed by atoms with E-state index < -0.39 is 6.10 Å². The van der Waals surface area contributed by atoms with Gasteiger partial charge in [-0.15, -0.1) is 0 Å². The molecule has 0 aliphatic heterocycles. The predicted molar refractivity (Wildman–Crippen MR) is 89.1 cm³/mol. The van der Waals surface area contributed by atoms with E-state index in [-0.39, 0.29) is 17.8 Å². The van der Waals surface area contributed by atoms with Gasteiger partial charge in [-0.05, 0) is 68.7 Å². The molecule has 2 atom stereocenters. The summed E-state index contributed by atoms with van der Waals surface area (Å²) in [5, 5.41) is 2.85. The topological polar surface area (TPSA) is 55.4 Å². The number of aryl methyl sites for hydroxylation is 2. The highest BCUT2D eigenvalue weighted by Gasteiger charge is 2.25. The van der Waals surface area contributed by atoms with Gasteiger partial charge < -0.3 is 10.1 Å². The number of carbonyl (C=O) groups is 2. The average molecular weight is 313 g/mol. The number of allylic oxidation sites excluding steroid dienone is 2. The first-order valence-electron chi connectivity index (χ1n) is 8.41. The summed E-state index contributed by atoms with van der Waals surface area (Å²) in [5.41, 5.74) is 3.45. The second kappa shape index (κ2) is 6.99. The lowest BCUT2D eigenvalue weighted by Gasteiger charge is -2.19. The third-order valence-electron chi connectivity index (χ3n) is 4.63. The fourth-order valence-corrected chi connectivity index (χ4v) is 3.23. The van der Waals surface area contributed by atoms with E-state index >= 15 is 0 Å². The Balaban J connectivity index is 1.55. The summed E-state index contributed by atoms with van der Waals surface area (Å²) in [7, 11) is 0. The zero-order valence-corrected chi connectivity index (χ0v) is 13.5. The van der Waals surface area contributed by atoms with Gasteiger partial charge >= 0.3 is 5.97 Å². The normalized spacial score (nSPS) is 20.7. The highest BCUT2D eigenvalue weighted by Crippen LogP contribution is 2.25. The standard InChI is InChI=1S/C19H23NO3/c1-13(23-19(22)15-6-3-2-4-7-15)18(21)20-17-11-10-14-8-5-9-16(14)12-17/h2-3,10-13,15H,4-9H2,1H3,(H,20,21)/t13-,15+/m0/s1. The third kappa shape index (κ3) is 3.81. The van der Waals surface area contributed by atoms with Gasteiger partial charge in [-0.2, -0.15) is 0 Å². The molecule has 0 fully saturated rings. The van der Waals surface area contributed by atoms with Crippen molar-refractivity contribution in [2.75, 3.05) is 5.32 Å². The Morgan fingerprint density at radius 3 is 2.83 bits per heavy atom.